The standard InChI is InChI=1S/C23H25N5O5/c24-21(25)16-5-7-18(8-6-16)33-13-2-1-10-27-11-12-28(23(32)22(27)31)19(14-20(29)30)17-4-3-9-26-15-17/h3-9,11-12,15,19H,1-2,10,13-14H2,(H3,24,25)(H,29,30). The van der Waals surface area contributed by atoms with Gasteiger partial charge < -0.3 is 24.7 Å². The van der Waals surface area contributed by atoms with Gasteiger partial charge in [-0.2, -0.15) is 0 Å². The number of aliphatic carboxylic acids is 1. The van der Waals surface area contributed by atoms with E-state index in [0.717, 1.165) is 4.57 Å². The Kier molecular flexibility index (Phi) is 7.74. The highest BCUT2D eigenvalue weighted by Gasteiger charge is 2.20. The Morgan fingerprint density at radius 1 is 1.12 bits per heavy atom. The molecule has 0 aliphatic rings. The number of hydrogen-bond donors (Lipinski definition) is 3. The summed E-state index contributed by atoms with van der Waals surface area (Å²) in [5, 5.41) is 16.6. The van der Waals surface area contributed by atoms with Crippen molar-refractivity contribution in [2.75, 3.05) is 6.61 Å². The third kappa shape index (κ3) is 6.16. The lowest BCUT2D eigenvalue weighted by Gasteiger charge is -2.18. The predicted octanol–water partition coefficient (Wildman–Crippen LogP) is 1.61. The fourth-order valence-corrected chi connectivity index (χ4v) is 3.36. The molecule has 0 radical (unpaired) electrons. The minimum atomic E-state index is -1.09. The number of nitrogen functional groups attached to an aromatic ring is 1. The number of amidine groups is 1. The van der Waals surface area contributed by atoms with Crippen molar-refractivity contribution in [1.29, 1.82) is 5.41 Å². The molecule has 0 amide bonds. The third-order valence-corrected chi connectivity index (χ3v) is 5.09. The van der Waals surface area contributed by atoms with Crippen molar-refractivity contribution in [3.63, 3.8) is 0 Å². The molecule has 10 heteroatoms. The lowest BCUT2D eigenvalue weighted by Crippen LogP contribution is -2.42. The number of aryl methyl sites for hydroxylation is 1. The molecular weight excluding hydrogens is 426 g/mol. The number of carbonyl (C=O) groups is 1. The summed E-state index contributed by atoms with van der Waals surface area (Å²) >= 11 is 0. The highest BCUT2D eigenvalue weighted by atomic mass is 16.5. The second kappa shape index (κ2) is 10.9. The van der Waals surface area contributed by atoms with Crippen LogP contribution < -0.4 is 21.6 Å². The zero-order valence-corrected chi connectivity index (χ0v) is 17.9. The number of hydrogen-bond acceptors (Lipinski definition) is 6. The average molecular weight is 451 g/mol. The summed E-state index contributed by atoms with van der Waals surface area (Å²) in [5.41, 5.74) is 5.08. The molecule has 0 aliphatic heterocycles. The minimum absolute atomic E-state index is 0.0105. The summed E-state index contributed by atoms with van der Waals surface area (Å²) in [7, 11) is 0. The maximum Gasteiger partial charge on any atom is 0.317 e. The van der Waals surface area contributed by atoms with Crippen molar-refractivity contribution in [1.82, 2.24) is 14.1 Å². The van der Waals surface area contributed by atoms with Crippen molar-refractivity contribution in [3.8, 4) is 5.75 Å². The van der Waals surface area contributed by atoms with Crippen LogP contribution in [0.4, 0.5) is 0 Å². The monoisotopic (exact) mass is 451 g/mol. The number of nitrogens with zero attached hydrogens (tertiary/aromatic N) is 3. The molecule has 2 heterocycles. The lowest BCUT2D eigenvalue weighted by molar-refractivity contribution is -0.137. The van der Waals surface area contributed by atoms with Crippen LogP contribution in [0.25, 0.3) is 0 Å². The molecule has 172 valence electrons. The number of ether oxygens (including phenoxy) is 1. The minimum Gasteiger partial charge on any atom is -0.494 e. The van der Waals surface area contributed by atoms with E-state index in [1.54, 1.807) is 42.6 Å². The number of unbranched alkanes of at least 4 members (excludes halogenated alkanes) is 1. The van der Waals surface area contributed by atoms with Gasteiger partial charge in [0.05, 0.1) is 19.1 Å². The van der Waals surface area contributed by atoms with Crippen molar-refractivity contribution in [2.24, 2.45) is 5.73 Å². The third-order valence-electron chi connectivity index (χ3n) is 5.09. The molecule has 3 aromatic rings. The first kappa shape index (κ1) is 23.5. The Hall–Kier alpha value is -4.21. The molecule has 2 aromatic heterocycles. The molecule has 4 N–H and O–H groups in total. The predicted molar refractivity (Wildman–Crippen MR) is 122 cm³/mol. The maximum absolute atomic E-state index is 12.7. The van der Waals surface area contributed by atoms with Gasteiger partial charge in [-0.15, -0.1) is 0 Å². The number of aromatic nitrogens is 3. The molecule has 0 bridgehead atoms. The fourth-order valence-electron chi connectivity index (χ4n) is 3.36. The molecule has 0 saturated carbocycles. The highest BCUT2D eigenvalue weighted by Crippen LogP contribution is 2.19. The first-order chi connectivity index (χ1) is 15.9. The van der Waals surface area contributed by atoms with E-state index in [1.165, 1.54) is 23.2 Å². The van der Waals surface area contributed by atoms with Gasteiger partial charge in [-0.3, -0.25) is 24.8 Å². The van der Waals surface area contributed by atoms with E-state index in [1.807, 2.05) is 0 Å². The number of carboxylic acid groups (broad SMARTS) is 1. The Labute approximate surface area is 189 Å². The normalized spacial score (nSPS) is 11.6. The van der Waals surface area contributed by atoms with Gasteiger partial charge in [-0.05, 0) is 48.7 Å². The van der Waals surface area contributed by atoms with Crippen molar-refractivity contribution in [3.05, 3.63) is 93.0 Å². The average Bonchev–Trinajstić information content (AvgIpc) is 2.81. The molecular formula is C23H25N5O5. The van der Waals surface area contributed by atoms with Gasteiger partial charge in [0.25, 0.3) is 0 Å². The second-order valence-corrected chi connectivity index (χ2v) is 7.40. The Morgan fingerprint density at radius 3 is 2.52 bits per heavy atom. The SMILES string of the molecule is N=C(N)c1ccc(OCCCCn2ccn(C(CC(=O)O)c3cccnc3)c(=O)c2=O)cc1. The quantitative estimate of drug-likeness (QED) is 0.173. The molecule has 1 unspecified atom stereocenters. The first-order valence-electron chi connectivity index (χ1n) is 10.4. The van der Waals surface area contributed by atoms with Crippen LogP contribution in [-0.2, 0) is 11.3 Å². The Morgan fingerprint density at radius 2 is 1.88 bits per heavy atom. The highest BCUT2D eigenvalue weighted by molar-refractivity contribution is 5.94. The van der Waals surface area contributed by atoms with Crippen LogP contribution in [0.2, 0.25) is 0 Å². The Bertz CT molecular complexity index is 1220. The van der Waals surface area contributed by atoms with E-state index in [0.29, 0.717) is 42.9 Å². The number of benzene rings is 1. The van der Waals surface area contributed by atoms with Crippen LogP contribution in [0.15, 0.2) is 70.8 Å². The van der Waals surface area contributed by atoms with Gasteiger partial charge in [0.2, 0.25) is 0 Å². The van der Waals surface area contributed by atoms with E-state index in [2.05, 4.69) is 4.98 Å². The van der Waals surface area contributed by atoms with E-state index >= 15 is 0 Å². The molecule has 10 nitrogen and oxygen atoms in total. The maximum atomic E-state index is 12.7. The van der Waals surface area contributed by atoms with Crippen molar-refractivity contribution >= 4 is 11.8 Å². The molecule has 3 rings (SSSR count). The summed E-state index contributed by atoms with van der Waals surface area (Å²) in [6.07, 6.45) is 6.89. The van der Waals surface area contributed by atoms with Crippen molar-refractivity contribution < 1.29 is 14.6 Å². The van der Waals surface area contributed by atoms with Gasteiger partial charge in [-0.25, -0.2) is 0 Å². The van der Waals surface area contributed by atoms with E-state index in [-0.39, 0.29) is 12.3 Å². The Balaban J connectivity index is 1.61. The number of nitrogens with one attached hydrogen (secondary N) is 1. The topological polar surface area (TPSA) is 153 Å². The van der Waals surface area contributed by atoms with Gasteiger partial charge in [-0.1, -0.05) is 6.07 Å². The fraction of sp³-hybridized carbons (Fsp3) is 0.261. The van der Waals surface area contributed by atoms with E-state index < -0.39 is 23.1 Å². The van der Waals surface area contributed by atoms with Crippen LogP contribution in [0.5, 0.6) is 5.75 Å². The van der Waals surface area contributed by atoms with E-state index in [9.17, 15) is 19.5 Å². The molecule has 0 fully saturated rings. The largest absolute Gasteiger partial charge is 0.494 e. The zero-order chi connectivity index (χ0) is 23.8. The summed E-state index contributed by atoms with van der Waals surface area (Å²) in [5.74, 6) is -0.445. The second-order valence-electron chi connectivity index (χ2n) is 7.40. The number of carboxylic acids is 1. The lowest BCUT2D eigenvalue weighted by atomic mass is 10.1. The van der Waals surface area contributed by atoms with Crippen LogP contribution >= 0.6 is 0 Å². The van der Waals surface area contributed by atoms with Crippen LogP contribution in [0, 0.1) is 5.41 Å². The number of rotatable bonds is 11. The summed E-state index contributed by atoms with van der Waals surface area (Å²) in [4.78, 5) is 40.6. The van der Waals surface area contributed by atoms with E-state index in [4.69, 9.17) is 15.9 Å². The molecule has 33 heavy (non-hydrogen) atoms. The first-order valence-corrected chi connectivity index (χ1v) is 10.4. The molecule has 0 aliphatic carbocycles. The van der Waals surface area contributed by atoms with Crippen LogP contribution in [-0.4, -0.2) is 37.6 Å². The smallest absolute Gasteiger partial charge is 0.317 e. The summed E-state index contributed by atoms with van der Waals surface area (Å²) in [6.45, 7) is 0.755. The molecule has 0 spiro atoms. The summed E-state index contributed by atoms with van der Waals surface area (Å²) < 4.78 is 8.11. The van der Waals surface area contributed by atoms with Gasteiger partial charge in [0, 0.05) is 36.9 Å². The van der Waals surface area contributed by atoms with Crippen LogP contribution in [0.1, 0.15) is 36.4 Å². The summed E-state index contributed by atoms with van der Waals surface area (Å²) in [6, 6.07) is 9.37. The molecule has 1 aromatic carbocycles. The van der Waals surface area contributed by atoms with Crippen LogP contribution in [0.3, 0.4) is 0 Å². The van der Waals surface area contributed by atoms with Gasteiger partial charge in [0.15, 0.2) is 0 Å². The van der Waals surface area contributed by atoms with Crippen molar-refractivity contribution in [2.45, 2.75) is 31.8 Å². The molecule has 1 atom stereocenters. The van der Waals surface area contributed by atoms with Gasteiger partial charge in [0.1, 0.15) is 11.6 Å². The molecule has 0 saturated heterocycles. The number of pyridine rings is 1. The number of nitrogens with two attached hydrogens (primary N) is 1. The van der Waals surface area contributed by atoms with Gasteiger partial charge >= 0.3 is 17.1 Å². The zero-order valence-electron chi connectivity index (χ0n) is 17.9.